The molecule has 2 aromatic rings. The lowest BCUT2D eigenvalue weighted by molar-refractivity contribution is 0.509. The van der Waals surface area contributed by atoms with Gasteiger partial charge in [0.15, 0.2) is 0 Å². The molecular formula is C8H8BrN3OS. The maximum Gasteiger partial charge on any atom is 0.257 e. The zero-order chi connectivity index (χ0) is 10.1. The van der Waals surface area contributed by atoms with E-state index in [1.807, 2.05) is 13.0 Å². The van der Waals surface area contributed by atoms with Crippen molar-refractivity contribution in [2.45, 2.75) is 13.5 Å². The van der Waals surface area contributed by atoms with Gasteiger partial charge in [0.1, 0.15) is 0 Å². The second kappa shape index (κ2) is 3.80. The van der Waals surface area contributed by atoms with Crippen molar-refractivity contribution < 1.29 is 4.42 Å². The van der Waals surface area contributed by atoms with Gasteiger partial charge in [0.2, 0.25) is 5.89 Å². The molecule has 0 saturated heterocycles. The number of hydrogen-bond donors (Lipinski definition) is 1. The molecule has 0 spiro atoms. The van der Waals surface area contributed by atoms with Crippen LogP contribution in [0, 0.1) is 6.92 Å². The number of aromatic nitrogens is 2. The summed E-state index contributed by atoms with van der Waals surface area (Å²) < 4.78 is 6.41. The SMILES string of the molecule is Cc1cc(-c2nnc(CN)o2)sc1Br. The summed E-state index contributed by atoms with van der Waals surface area (Å²) in [7, 11) is 0. The van der Waals surface area contributed by atoms with Gasteiger partial charge in [0, 0.05) is 0 Å². The Morgan fingerprint density at radius 1 is 1.57 bits per heavy atom. The predicted molar refractivity (Wildman–Crippen MR) is 57.9 cm³/mol. The number of aryl methyl sites for hydroxylation is 1. The van der Waals surface area contributed by atoms with Crippen LogP contribution in [0.3, 0.4) is 0 Å². The summed E-state index contributed by atoms with van der Waals surface area (Å²) in [5.41, 5.74) is 6.54. The fraction of sp³-hybridized carbons (Fsp3) is 0.250. The van der Waals surface area contributed by atoms with Crippen LogP contribution in [-0.2, 0) is 6.54 Å². The van der Waals surface area contributed by atoms with Crippen molar-refractivity contribution in [1.82, 2.24) is 10.2 Å². The molecule has 2 rings (SSSR count). The molecule has 0 atom stereocenters. The molecule has 0 aliphatic heterocycles. The number of hydrogen-bond acceptors (Lipinski definition) is 5. The van der Waals surface area contributed by atoms with Gasteiger partial charge < -0.3 is 10.2 Å². The number of nitrogens with zero attached hydrogens (tertiary/aromatic N) is 2. The highest BCUT2D eigenvalue weighted by Crippen LogP contribution is 2.33. The van der Waals surface area contributed by atoms with Crippen LogP contribution in [0.15, 0.2) is 14.3 Å². The van der Waals surface area contributed by atoms with E-state index in [-0.39, 0.29) is 6.54 Å². The minimum Gasteiger partial charge on any atom is -0.419 e. The molecule has 2 aromatic heterocycles. The van der Waals surface area contributed by atoms with Crippen molar-refractivity contribution in [3.63, 3.8) is 0 Å². The van der Waals surface area contributed by atoms with Crippen molar-refractivity contribution >= 4 is 27.3 Å². The topological polar surface area (TPSA) is 64.9 Å². The number of rotatable bonds is 2. The molecular weight excluding hydrogens is 266 g/mol. The van der Waals surface area contributed by atoms with E-state index in [1.54, 1.807) is 11.3 Å². The van der Waals surface area contributed by atoms with Gasteiger partial charge >= 0.3 is 0 Å². The fourth-order valence-corrected chi connectivity index (χ4v) is 2.46. The monoisotopic (exact) mass is 273 g/mol. The van der Waals surface area contributed by atoms with Crippen LogP contribution in [0.25, 0.3) is 10.8 Å². The van der Waals surface area contributed by atoms with E-state index >= 15 is 0 Å². The van der Waals surface area contributed by atoms with Crippen LogP contribution < -0.4 is 5.73 Å². The van der Waals surface area contributed by atoms with Crippen LogP contribution in [0.1, 0.15) is 11.5 Å². The zero-order valence-corrected chi connectivity index (χ0v) is 9.85. The van der Waals surface area contributed by atoms with Gasteiger partial charge in [-0.05, 0) is 34.5 Å². The third kappa shape index (κ3) is 1.73. The van der Waals surface area contributed by atoms with E-state index in [0.29, 0.717) is 11.8 Å². The first-order valence-electron chi connectivity index (χ1n) is 3.99. The molecule has 14 heavy (non-hydrogen) atoms. The molecule has 6 heteroatoms. The third-order valence-corrected chi connectivity index (χ3v) is 3.83. The van der Waals surface area contributed by atoms with Crippen LogP contribution in [0.5, 0.6) is 0 Å². The molecule has 2 heterocycles. The summed E-state index contributed by atoms with van der Waals surface area (Å²) in [4.78, 5) is 0.960. The highest BCUT2D eigenvalue weighted by atomic mass is 79.9. The summed E-state index contributed by atoms with van der Waals surface area (Å²) in [6, 6.07) is 2.00. The predicted octanol–water partition coefficient (Wildman–Crippen LogP) is 2.33. The standard InChI is InChI=1S/C8H8BrN3OS/c1-4-2-5(14-7(4)9)8-12-11-6(3-10)13-8/h2H,3,10H2,1H3. The molecule has 0 amide bonds. The van der Waals surface area contributed by atoms with E-state index in [9.17, 15) is 0 Å². The second-order valence-corrected chi connectivity index (χ2v) is 5.14. The average molecular weight is 274 g/mol. The first-order chi connectivity index (χ1) is 6.70. The summed E-state index contributed by atoms with van der Waals surface area (Å²) in [5.74, 6) is 0.992. The Hall–Kier alpha value is -0.720. The van der Waals surface area contributed by atoms with Crippen LogP contribution >= 0.6 is 27.3 Å². The van der Waals surface area contributed by atoms with Crippen LogP contribution in [-0.4, -0.2) is 10.2 Å². The molecule has 0 aromatic carbocycles. The van der Waals surface area contributed by atoms with Crippen molar-refractivity contribution in [2.24, 2.45) is 5.73 Å². The van der Waals surface area contributed by atoms with E-state index in [1.165, 1.54) is 0 Å². The molecule has 74 valence electrons. The number of nitrogens with two attached hydrogens (primary N) is 1. The van der Waals surface area contributed by atoms with Crippen LogP contribution in [0.2, 0.25) is 0 Å². The first kappa shape index (κ1) is 9.82. The van der Waals surface area contributed by atoms with E-state index < -0.39 is 0 Å². The number of thiophene rings is 1. The fourth-order valence-electron chi connectivity index (χ4n) is 1.00. The summed E-state index contributed by atoms with van der Waals surface area (Å²) in [6.45, 7) is 2.29. The zero-order valence-electron chi connectivity index (χ0n) is 7.45. The molecule has 0 fully saturated rings. The maximum absolute atomic E-state index is 5.37. The van der Waals surface area contributed by atoms with Gasteiger partial charge in [-0.25, -0.2) is 0 Å². The molecule has 4 nitrogen and oxygen atoms in total. The second-order valence-electron chi connectivity index (χ2n) is 2.77. The van der Waals surface area contributed by atoms with Gasteiger partial charge in [-0.15, -0.1) is 21.5 Å². The quantitative estimate of drug-likeness (QED) is 0.912. The lowest BCUT2D eigenvalue weighted by atomic mass is 10.3. The van der Waals surface area contributed by atoms with Gasteiger partial charge in [0.05, 0.1) is 15.2 Å². The van der Waals surface area contributed by atoms with Gasteiger partial charge in [0.25, 0.3) is 5.89 Å². The molecule has 0 saturated carbocycles. The summed E-state index contributed by atoms with van der Waals surface area (Å²) in [5, 5.41) is 7.70. The highest BCUT2D eigenvalue weighted by molar-refractivity contribution is 9.11. The molecule has 0 aliphatic rings. The first-order valence-corrected chi connectivity index (χ1v) is 5.60. The Bertz CT molecular complexity index is 432. The Morgan fingerprint density at radius 2 is 2.36 bits per heavy atom. The summed E-state index contributed by atoms with van der Waals surface area (Å²) >= 11 is 5.01. The molecule has 0 unspecified atom stereocenters. The van der Waals surface area contributed by atoms with Crippen molar-refractivity contribution in [3.8, 4) is 10.8 Å². The van der Waals surface area contributed by atoms with Crippen LogP contribution in [0.4, 0.5) is 0 Å². The summed E-state index contributed by atoms with van der Waals surface area (Å²) in [6.07, 6.45) is 0. The minimum atomic E-state index is 0.276. The lowest BCUT2D eigenvalue weighted by Crippen LogP contribution is -1.95. The third-order valence-electron chi connectivity index (χ3n) is 1.71. The Labute approximate surface area is 93.3 Å². The van der Waals surface area contributed by atoms with E-state index in [0.717, 1.165) is 14.2 Å². The Morgan fingerprint density at radius 3 is 2.86 bits per heavy atom. The van der Waals surface area contributed by atoms with E-state index in [2.05, 4.69) is 26.1 Å². The van der Waals surface area contributed by atoms with Crippen molar-refractivity contribution in [2.75, 3.05) is 0 Å². The molecule has 0 bridgehead atoms. The molecule has 2 N–H and O–H groups in total. The van der Waals surface area contributed by atoms with Gasteiger partial charge in [-0.1, -0.05) is 0 Å². The Kier molecular flexibility index (Phi) is 2.66. The Balaban J connectivity index is 2.39. The van der Waals surface area contributed by atoms with Gasteiger partial charge in [-0.2, -0.15) is 0 Å². The minimum absolute atomic E-state index is 0.276. The average Bonchev–Trinajstić information content (AvgIpc) is 2.74. The van der Waals surface area contributed by atoms with E-state index in [4.69, 9.17) is 10.2 Å². The van der Waals surface area contributed by atoms with Crippen molar-refractivity contribution in [1.29, 1.82) is 0 Å². The van der Waals surface area contributed by atoms with Crippen molar-refractivity contribution in [3.05, 3.63) is 21.3 Å². The smallest absolute Gasteiger partial charge is 0.257 e. The molecule has 0 radical (unpaired) electrons. The van der Waals surface area contributed by atoms with Gasteiger partial charge in [-0.3, -0.25) is 0 Å². The largest absolute Gasteiger partial charge is 0.419 e. The maximum atomic E-state index is 5.37. The normalized spacial score (nSPS) is 10.8. The molecule has 0 aliphatic carbocycles. The number of halogens is 1. The lowest BCUT2D eigenvalue weighted by Gasteiger charge is -1.85. The highest BCUT2D eigenvalue weighted by Gasteiger charge is 2.11.